The highest BCUT2D eigenvalue weighted by atomic mass is 16.2. The van der Waals surface area contributed by atoms with Gasteiger partial charge in [-0.2, -0.15) is 4.98 Å². The quantitative estimate of drug-likeness (QED) is 0.798. The Bertz CT molecular complexity index is 729. The molecule has 0 spiro atoms. The number of carbonyl (C=O) groups is 1. The molecule has 134 valence electrons. The third-order valence-corrected chi connectivity index (χ3v) is 4.83. The van der Waals surface area contributed by atoms with Crippen molar-refractivity contribution < 1.29 is 4.79 Å². The van der Waals surface area contributed by atoms with Crippen molar-refractivity contribution in [2.24, 2.45) is 11.7 Å². The summed E-state index contributed by atoms with van der Waals surface area (Å²) in [4.78, 5) is 16.7. The number of carbonyl (C=O) groups excluding carboxylic acids is 1. The van der Waals surface area contributed by atoms with Gasteiger partial charge in [0.2, 0.25) is 11.9 Å². The van der Waals surface area contributed by atoms with Crippen molar-refractivity contribution in [1.82, 2.24) is 15.2 Å². The van der Waals surface area contributed by atoms with Crippen LogP contribution >= 0.6 is 0 Å². The minimum Gasteiger partial charge on any atom is -0.328 e. The van der Waals surface area contributed by atoms with Gasteiger partial charge in [-0.05, 0) is 30.2 Å². The summed E-state index contributed by atoms with van der Waals surface area (Å²) in [5.74, 6) is 0.885. The summed E-state index contributed by atoms with van der Waals surface area (Å²) in [6.45, 7) is 6.55. The molecular weight excluding hydrogens is 314 g/mol. The molecule has 6 nitrogen and oxygen atoms in total. The Morgan fingerprint density at radius 3 is 2.60 bits per heavy atom. The summed E-state index contributed by atoms with van der Waals surface area (Å²) in [6.07, 6.45) is 3.61. The Balaban J connectivity index is 1.67. The Hall–Kier alpha value is -2.21. The molecule has 2 unspecified atom stereocenters. The van der Waals surface area contributed by atoms with Crippen LogP contribution in [0, 0.1) is 5.92 Å². The molecule has 6 heteroatoms. The molecule has 3 rings (SSSR count). The highest BCUT2D eigenvalue weighted by molar-refractivity contribution is 5.91. The van der Waals surface area contributed by atoms with Crippen LogP contribution in [0.4, 0.5) is 5.95 Å². The molecular formula is C19H27N5O. The van der Waals surface area contributed by atoms with Crippen LogP contribution < -0.4 is 11.1 Å². The molecule has 0 radical (unpaired) electrons. The Labute approximate surface area is 148 Å². The number of nitrogens with zero attached hydrogens (tertiary/aromatic N) is 2. The Kier molecular flexibility index (Phi) is 4.90. The smallest absolute Gasteiger partial charge is 0.249 e. The van der Waals surface area contributed by atoms with Gasteiger partial charge in [-0.1, -0.05) is 51.5 Å². The molecule has 1 aliphatic rings. The molecule has 1 fully saturated rings. The number of amides is 1. The lowest BCUT2D eigenvalue weighted by atomic mass is 9.85. The SMILES string of the molecule is CC(C)(C)c1ccc(-c2nc(NC(=O)C3CCCC(N)C3)n[nH]2)cc1. The molecule has 1 heterocycles. The van der Waals surface area contributed by atoms with E-state index < -0.39 is 0 Å². The van der Waals surface area contributed by atoms with Gasteiger partial charge in [0.05, 0.1) is 0 Å². The van der Waals surface area contributed by atoms with Crippen LogP contribution in [0.3, 0.4) is 0 Å². The second kappa shape index (κ2) is 6.96. The summed E-state index contributed by atoms with van der Waals surface area (Å²) < 4.78 is 0. The molecule has 4 N–H and O–H groups in total. The number of hydrogen-bond donors (Lipinski definition) is 3. The van der Waals surface area contributed by atoms with Gasteiger partial charge < -0.3 is 5.73 Å². The van der Waals surface area contributed by atoms with Crippen LogP contribution in [0.25, 0.3) is 11.4 Å². The third-order valence-electron chi connectivity index (χ3n) is 4.83. The van der Waals surface area contributed by atoms with Gasteiger partial charge in [0.15, 0.2) is 5.82 Å². The summed E-state index contributed by atoms with van der Waals surface area (Å²) in [5, 5.41) is 9.83. The molecule has 1 aliphatic carbocycles. The van der Waals surface area contributed by atoms with E-state index in [9.17, 15) is 4.79 Å². The zero-order valence-corrected chi connectivity index (χ0v) is 15.2. The van der Waals surface area contributed by atoms with Crippen molar-refractivity contribution >= 4 is 11.9 Å². The molecule has 1 amide bonds. The maximum atomic E-state index is 12.4. The predicted octanol–water partition coefficient (Wildman–Crippen LogP) is 3.23. The molecule has 0 aliphatic heterocycles. The second-order valence-electron chi connectivity index (χ2n) is 7.95. The largest absolute Gasteiger partial charge is 0.328 e. The second-order valence-corrected chi connectivity index (χ2v) is 7.95. The monoisotopic (exact) mass is 341 g/mol. The average molecular weight is 341 g/mol. The fraction of sp³-hybridized carbons (Fsp3) is 0.526. The molecule has 0 bridgehead atoms. The number of aromatic nitrogens is 3. The first-order valence-corrected chi connectivity index (χ1v) is 8.92. The van der Waals surface area contributed by atoms with E-state index in [1.54, 1.807) is 0 Å². The fourth-order valence-electron chi connectivity index (χ4n) is 3.25. The van der Waals surface area contributed by atoms with E-state index in [0.717, 1.165) is 31.2 Å². The van der Waals surface area contributed by atoms with Gasteiger partial charge in [-0.25, -0.2) is 0 Å². The summed E-state index contributed by atoms with van der Waals surface area (Å²) >= 11 is 0. The number of benzene rings is 1. The molecule has 0 saturated heterocycles. The molecule has 2 atom stereocenters. The number of rotatable bonds is 3. The molecule has 1 aromatic heterocycles. The van der Waals surface area contributed by atoms with E-state index in [0.29, 0.717) is 11.8 Å². The zero-order chi connectivity index (χ0) is 18.0. The molecule has 2 aromatic rings. The zero-order valence-electron chi connectivity index (χ0n) is 15.2. The van der Waals surface area contributed by atoms with Crippen LogP contribution in [0.1, 0.15) is 52.0 Å². The average Bonchev–Trinajstić information content (AvgIpc) is 3.02. The van der Waals surface area contributed by atoms with Crippen LogP contribution in [0.5, 0.6) is 0 Å². The van der Waals surface area contributed by atoms with Crippen LogP contribution in [-0.2, 0) is 10.2 Å². The maximum Gasteiger partial charge on any atom is 0.249 e. The van der Waals surface area contributed by atoms with Crippen LogP contribution in [-0.4, -0.2) is 27.1 Å². The first-order valence-electron chi connectivity index (χ1n) is 8.92. The standard InChI is InChI=1S/C19H27N5O/c1-19(2,3)14-9-7-12(8-10-14)16-21-18(24-23-16)22-17(25)13-5-4-6-15(20)11-13/h7-10,13,15H,4-6,11,20H2,1-3H3,(H2,21,22,23,24,25). The number of H-pyrrole nitrogens is 1. The number of aromatic amines is 1. The van der Waals surface area contributed by atoms with E-state index in [1.807, 2.05) is 12.1 Å². The van der Waals surface area contributed by atoms with E-state index in [2.05, 4.69) is 53.4 Å². The predicted molar refractivity (Wildman–Crippen MR) is 99.1 cm³/mol. The van der Waals surface area contributed by atoms with Crippen molar-refractivity contribution in [2.75, 3.05) is 5.32 Å². The van der Waals surface area contributed by atoms with Gasteiger partial charge in [-0.3, -0.25) is 15.2 Å². The van der Waals surface area contributed by atoms with Crippen LogP contribution in [0.2, 0.25) is 0 Å². The van der Waals surface area contributed by atoms with Gasteiger partial charge in [0.25, 0.3) is 0 Å². The fourth-order valence-corrected chi connectivity index (χ4v) is 3.25. The molecule has 25 heavy (non-hydrogen) atoms. The summed E-state index contributed by atoms with van der Waals surface area (Å²) in [7, 11) is 0. The van der Waals surface area contributed by atoms with Crippen molar-refractivity contribution in [2.45, 2.75) is 57.9 Å². The first kappa shape index (κ1) is 17.6. The van der Waals surface area contributed by atoms with Crippen molar-refractivity contribution in [3.05, 3.63) is 29.8 Å². The Morgan fingerprint density at radius 1 is 1.24 bits per heavy atom. The van der Waals surface area contributed by atoms with E-state index in [1.165, 1.54) is 5.56 Å². The minimum atomic E-state index is -0.0447. The van der Waals surface area contributed by atoms with Gasteiger partial charge in [0.1, 0.15) is 0 Å². The lowest BCUT2D eigenvalue weighted by Crippen LogP contribution is -2.34. The van der Waals surface area contributed by atoms with Crippen molar-refractivity contribution in [1.29, 1.82) is 0 Å². The normalized spacial score (nSPS) is 21.1. The van der Waals surface area contributed by atoms with Gasteiger partial charge in [-0.15, -0.1) is 5.10 Å². The number of anilines is 1. The first-order chi connectivity index (χ1) is 11.8. The van der Waals surface area contributed by atoms with Crippen molar-refractivity contribution in [3.8, 4) is 11.4 Å². The van der Waals surface area contributed by atoms with Crippen molar-refractivity contribution in [3.63, 3.8) is 0 Å². The number of nitrogens with one attached hydrogen (secondary N) is 2. The maximum absolute atomic E-state index is 12.4. The molecule has 1 aromatic carbocycles. The third kappa shape index (κ3) is 4.25. The van der Waals surface area contributed by atoms with E-state index in [-0.39, 0.29) is 23.3 Å². The van der Waals surface area contributed by atoms with E-state index in [4.69, 9.17) is 5.73 Å². The number of nitrogens with two attached hydrogens (primary N) is 1. The number of hydrogen-bond acceptors (Lipinski definition) is 4. The topological polar surface area (TPSA) is 96.7 Å². The van der Waals surface area contributed by atoms with Gasteiger partial charge in [0, 0.05) is 17.5 Å². The van der Waals surface area contributed by atoms with Gasteiger partial charge >= 0.3 is 0 Å². The van der Waals surface area contributed by atoms with E-state index >= 15 is 0 Å². The summed E-state index contributed by atoms with van der Waals surface area (Å²) in [6, 6.07) is 8.35. The van der Waals surface area contributed by atoms with Crippen LogP contribution in [0.15, 0.2) is 24.3 Å². The lowest BCUT2D eigenvalue weighted by Gasteiger charge is -2.25. The molecule has 1 saturated carbocycles. The minimum absolute atomic E-state index is 0.0382. The lowest BCUT2D eigenvalue weighted by molar-refractivity contribution is -0.120. The summed E-state index contributed by atoms with van der Waals surface area (Å²) in [5.41, 5.74) is 8.28. The Morgan fingerprint density at radius 2 is 1.96 bits per heavy atom. The highest BCUT2D eigenvalue weighted by Crippen LogP contribution is 2.26. The highest BCUT2D eigenvalue weighted by Gasteiger charge is 2.26.